The summed E-state index contributed by atoms with van der Waals surface area (Å²) in [6.07, 6.45) is 1.33. The summed E-state index contributed by atoms with van der Waals surface area (Å²) in [6.45, 7) is 1.00. The molecule has 0 fully saturated rings. The number of aromatic nitrogens is 2. The molecule has 0 saturated carbocycles. The van der Waals surface area contributed by atoms with Crippen molar-refractivity contribution < 1.29 is 4.74 Å². The lowest BCUT2D eigenvalue weighted by molar-refractivity contribution is 0.108. The Hall–Kier alpha value is -1.46. The minimum absolute atomic E-state index is 0.0771. The molecule has 0 radical (unpaired) electrons. The standard InChI is InChI=1S/C14H13BrN2O2/c15-11-4-2-1-3-9(11)7-13-16-12-5-6-19-8-10(12)14(18)17-13/h1-4H,5-8H2,(H,16,17,18). The van der Waals surface area contributed by atoms with Crippen molar-refractivity contribution in [1.29, 1.82) is 0 Å². The Kier molecular flexibility index (Phi) is 3.48. The van der Waals surface area contributed by atoms with E-state index in [1.54, 1.807) is 0 Å². The fourth-order valence-corrected chi connectivity index (χ4v) is 2.63. The lowest BCUT2D eigenvalue weighted by Crippen LogP contribution is -2.25. The van der Waals surface area contributed by atoms with Crippen molar-refractivity contribution in [3.63, 3.8) is 0 Å². The van der Waals surface area contributed by atoms with E-state index < -0.39 is 0 Å². The highest BCUT2D eigenvalue weighted by Crippen LogP contribution is 2.18. The van der Waals surface area contributed by atoms with Gasteiger partial charge in [-0.15, -0.1) is 0 Å². The Morgan fingerprint density at radius 2 is 2.21 bits per heavy atom. The van der Waals surface area contributed by atoms with E-state index in [0.717, 1.165) is 15.7 Å². The molecule has 19 heavy (non-hydrogen) atoms. The molecule has 1 aromatic carbocycles. The smallest absolute Gasteiger partial charge is 0.256 e. The minimum Gasteiger partial charge on any atom is -0.376 e. The van der Waals surface area contributed by atoms with E-state index in [9.17, 15) is 4.79 Å². The van der Waals surface area contributed by atoms with Crippen LogP contribution in [-0.4, -0.2) is 16.6 Å². The first-order valence-corrected chi connectivity index (χ1v) is 6.95. The number of nitrogens with one attached hydrogen (secondary N) is 1. The van der Waals surface area contributed by atoms with Gasteiger partial charge in [-0.3, -0.25) is 4.79 Å². The molecular formula is C14H13BrN2O2. The molecular weight excluding hydrogens is 308 g/mol. The summed E-state index contributed by atoms with van der Waals surface area (Å²) in [5.74, 6) is 0.706. The second-order valence-electron chi connectivity index (χ2n) is 4.51. The van der Waals surface area contributed by atoms with Crippen LogP contribution in [0.1, 0.15) is 22.6 Å². The molecule has 5 heteroatoms. The third-order valence-corrected chi connectivity index (χ3v) is 3.97. The molecule has 4 nitrogen and oxygen atoms in total. The SMILES string of the molecule is O=c1[nH]c(Cc2ccccc2Br)nc2c1COCC2. The van der Waals surface area contributed by atoms with Gasteiger partial charge in [0, 0.05) is 17.3 Å². The van der Waals surface area contributed by atoms with Crippen LogP contribution in [0.15, 0.2) is 33.5 Å². The van der Waals surface area contributed by atoms with Gasteiger partial charge in [-0.2, -0.15) is 0 Å². The Balaban J connectivity index is 1.96. The van der Waals surface area contributed by atoms with Crippen molar-refractivity contribution in [3.8, 4) is 0 Å². The minimum atomic E-state index is -0.0771. The van der Waals surface area contributed by atoms with Gasteiger partial charge in [0.05, 0.1) is 24.5 Å². The predicted octanol–water partition coefficient (Wildman–Crippen LogP) is 2.20. The molecule has 98 valence electrons. The zero-order valence-corrected chi connectivity index (χ0v) is 11.9. The Morgan fingerprint density at radius 1 is 1.37 bits per heavy atom. The van der Waals surface area contributed by atoms with Crippen LogP contribution in [0.4, 0.5) is 0 Å². The first-order chi connectivity index (χ1) is 9.24. The lowest BCUT2D eigenvalue weighted by Gasteiger charge is -2.15. The molecule has 3 rings (SSSR count). The molecule has 1 aromatic heterocycles. The zero-order chi connectivity index (χ0) is 13.2. The zero-order valence-electron chi connectivity index (χ0n) is 10.3. The fourth-order valence-electron chi connectivity index (χ4n) is 2.20. The van der Waals surface area contributed by atoms with Gasteiger partial charge in [-0.1, -0.05) is 34.1 Å². The molecule has 0 aliphatic carbocycles. The highest BCUT2D eigenvalue weighted by Gasteiger charge is 2.16. The number of rotatable bonds is 2. The van der Waals surface area contributed by atoms with Gasteiger partial charge in [0.2, 0.25) is 0 Å². The maximum Gasteiger partial charge on any atom is 0.256 e. The molecule has 0 saturated heterocycles. The highest BCUT2D eigenvalue weighted by molar-refractivity contribution is 9.10. The van der Waals surface area contributed by atoms with Gasteiger partial charge in [0.15, 0.2) is 0 Å². The summed E-state index contributed by atoms with van der Waals surface area (Å²) in [4.78, 5) is 19.4. The van der Waals surface area contributed by atoms with Crippen molar-refractivity contribution in [2.45, 2.75) is 19.4 Å². The van der Waals surface area contributed by atoms with E-state index in [1.165, 1.54) is 0 Å². The van der Waals surface area contributed by atoms with Crippen LogP contribution in [0.3, 0.4) is 0 Å². The van der Waals surface area contributed by atoms with Crippen molar-refractivity contribution in [2.75, 3.05) is 6.61 Å². The van der Waals surface area contributed by atoms with Crippen LogP contribution >= 0.6 is 15.9 Å². The first kappa shape index (κ1) is 12.6. The van der Waals surface area contributed by atoms with Crippen LogP contribution in [0.2, 0.25) is 0 Å². The van der Waals surface area contributed by atoms with Gasteiger partial charge >= 0.3 is 0 Å². The van der Waals surface area contributed by atoms with Crippen molar-refractivity contribution in [1.82, 2.24) is 9.97 Å². The quantitative estimate of drug-likeness (QED) is 0.922. The normalized spacial score (nSPS) is 14.2. The van der Waals surface area contributed by atoms with E-state index in [2.05, 4.69) is 25.9 Å². The fraction of sp³-hybridized carbons (Fsp3) is 0.286. The van der Waals surface area contributed by atoms with E-state index in [4.69, 9.17) is 4.74 Å². The number of nitrogens with zero attached hydrogens (tertiary/aromatic N) is 1. The maximum atomic E-state index is 12.0. The van der Waals surface area contributed by atoms with E-state index in [0.29, 0.717) is 37.4 Å². The lowest BCUT2D eigenvalue weighted by atomic mass is 10.1. The molecule has 1 aliphatic heterocycles. The molecule has 1 N–H and O–H groups in total. The topological polar surface area (TPSA) is 55.0 Å². The van der Waals surface area contributed by atoms with Crippen LogP contribution in [0.5, 0.6) is 0 Å². The third-order valence-electron chi connectivity index (χ3n) is 3.20. The van der Waals surface area contributed by atoms with Crippen molar-refractivity contribution >= 4 is 15.9 Å². The van der Waals surface area contributed by atoms with Gasteiger partial charge < -0.3 is 9.72 Å². The van der Waals surface area contributed by atoms with Crippen LogP contribution < -0.4 is 5.56 Å². The summed E-state index contributed by atoms with van der Waals surface area (Å²) in [7, 11) is 0. The third kappa shape index (κ3) is 2.62. The second-order valence-corrected chi connectivity index (χ2v) is 5.36. The monoisotopic (exact) mass is 320 g/mol. The van der Waals surface area contributed by atoms with Gasteiger partial charge in [0.25, 0.3) is 5.56 Å². The Morgan fingerprint density at radius 3 is 3.05 bits per heavy atom. The Labute approximate surface area is 119 Å². The van der Waals surface area contributed by atoms with Crippen molar-refractivity contribution in [3.05, 3.63) is 61.7 Å². The number of benzene rings is 1. The van der Waals surface area contributed by atoms with Crippen LogP contribution in [0, 0.1) is 0 Å². The second kappa shape index (κ2) is 5.27. The molecule has 1 aliphatic rings. The average Bonchev–Trinajstić information content (AvgIpc) is 2.42. The molecule has 2 heterocycles. The van der Waals surface area contributed by atoms with Crippen LogP contribution in [0.25, 0.3) is 0 Å². The summed E-state index contributed by atoms with van der Waals surface area (Å²) in [5, 5.41) is 0. The number of halogens is 1. The largest absolute Gasteiger partial charge is 0.376 e. The van der Waals surface area contributed by atoms with E-state index >= 15 is 0 Å². The number of hydrogen-bond donors (Lipinski definition) is 1. The number of fused-ring (bicyclic) bond motifs is 1. The molecule has 0 amide bonds. The average molecular weight is 321 g/mol. The van der Waals surface area contributed by atoms with E-state index in [1.807, 2.05) is 24.3 Å². The summed E-state index contributed by atoms with van der Waals surface area (Å²) >= 11 is 3.51. The summed E-state index contributed by atoms with van der Waals surface area (Å²) in [5.41, 5.74) is 2.57. The molecule has 0 atom stereocenters. The molecule has 0 unspecified atom stereocenters. The number of aromatic amines is 1. The van der Waals surface area contributed by atoms with Gasteiger partial charge in [-0.25, -0.2) is 4.98 Å². The van der Waals surface area contributed by atoms with Gasteiger partial charge in [-0.05, 0) is 11.6 Å². The number of H-pyrrole nitrogens is 1. The van der Waals surface area contributed by atoms with Crippen molar-refractivity contribution in [2.24, 2.45) is 0 Å². The first-order valence-electron chi connectivity index (χ1n) is 6.16. The summed E-state index contributed by atoms with van der Waals surface area (Å²) < 4.78 is 6.31. The summed E-state index contributed by atoms with van der Waals surface area (Å²) in [6, 6.07) is 7.95. The molecule has 0 spiro atoms. The number of hydrogen-bond acceptors (Lipinski definition) is 3. The number of ether oxygens (including phenoxy) is 1. The Bertz CT molecular complexity index is 667. The van der Waals surface area contributed by atoms with Crippen LogP contribution in [-0.2, 0) is 24.2 Å². The molecule has 2 aromatic rings. The molecule has 0 bridgehead atoms. The highest BCUT2D eigenvalue weighted by atomic mass is 79.9. The maximum absolute atomic E-state index is 12.0. The van der Waals surface area contributed by atoms with Gasteiger partial charge in [0.1, 0.15) is 5.82 Å². The predicted molar refractivity (Wildman–Crippen MR) is 75.2 cm³/mol. The van der Waals surface area contributed by atoms with E-state index in [-0.39, 0.29) is 5.56 Å².